The van der Waals surface area contributed by atoms with Crippen molar-refractivity contribution in [2.24, 2.45) is 0 Å². The Morgan fingerprint density at radius 3 is 2.54 bits per heavy atom. The van der Waals surface area contributed by atoms with Gasteiger partial charge in [0, 0.05) is 26.2 Å². The summed E-state index contributed by atoms with van der Waals surface area (Å²) in [5.74, 6) is -0.555. The van der Waals surface area contributed by atoms with Crippen molar-refractivity contribution < 1.29 is 28.2 Å². The number of thiol groups is 1. The van der Waals surface area contributed by atoms with Crippen LogP contribution in [0.3, 0.4) is 0 Å². The topological polar surface area (TPSA) is 91.4 Å². The third-order valence-electron chi connectivity index (χ3n) is 5.91. The SMILES string of the molecule is O=C(S)NCC1CN(c2ccc(N3CCN(C(=O)COCc4ccccc4)CC3)c(F)c2)C(=O)O1. The highest BCUT2D eigenvalue weighted by atomic mass is 32.1. The van der Waals surface area contributed by atoms with Gasteiger partial charge in [-0.2, -0.15) is 0 Å². The molecular weight excluding hydrogens is 475 g/mol. The lowest BCUT2D eigenvalue weighted by Crippen LogP contribution is -2.50. The molecule has 1 atom stereocenters. The van der Waals surface area contributed by atoms with Crippen molar-refractivity contribution in [1.82, 2.24) is 10.2 Å². The number of anilines is 2. The maximum Gasteiger partial charge on any atom is 0.414 e. The second-order valence-electron chi connectivity index (χ2n) is 8.28. The van der Waals surface area contributed by atoms with Crippen molar-refractivity contribution in [2.45, 2.75) is 12.7 Å². The predicted molar refractivity (Wildman–Crippen MR) is 131 cm³/mol. The molecule has 0 radical (unpaired) electrons. The molecule has 1 N–H and O–H groups in total. The molecule has 2 heterocycles. The summed E-state index contributed by atoms with van der Waals surface area (Å²) in [6.07, 6.45) is -1.14. The third-order valence-corrected chi connectivity index (χ3v) is 6.07. The Labute approximate surface area is 208 Å². The van der Waals surface area contributed by atoms with Crippen molar-refractivity contribution in [3.05, 3.63) is 59.9 Å². The Morgan fingerprint density at radius 1 is 1.11 bits per heavy atom. The summed E-state index contributed by atoms with van der Waals surface area (Å²) in [5.41, 5.74) is 1.79. The molecule has 11 heteroatoms. The smallest absolute Gasteiger partial charge is 0.414 e. The molecule has 0 bridgehead atoms. The van der Waals surface area contributed by atoms with Gasteiger partial charge in [0.2, 0.25) is 5.91 Å². The Bertz CT molecular complexity index is 1070. The van der Waals surface area contributed by atoms with E-state index in [0.29, 0.717) is 44.2 Å². The predicted octanol–water partition coefficient (Wildman–Crippen LogP) is 2.66. The van der Waals surface area contributed by atoms with Crippen LogP contribution in [0.25, 0.3) is 0 Å². The van der Waals surface area contributed by atoms with Crippen molar-refractivity contribution >= 4 is 41.2 Å². The molecule has 2 aliphatic rings. The summed E-state index contributed by atoms with van der Waals surface area (Å²) in [4.78, 5) is 40.5. The molecule has 0 aliphatic carbocycles. The minimum absolute atomic E-state index is 0.00253. The van der Waals surface area contributed by atoms with Crippen LogP contribution in [0.5, 0.6) is 0 Å². The zero-order valence-electron chi connectivity index (χ0n) is 19.1. The van der Waals surface area contributed by atoms with Crippen molar-refractivity contribution in [3.8, 4) is 0 Å². The van der Waals surface area contributed by atoms with Gasteiger partial charge in [-0.1, -0.05) is 43.0 Å². The summed E-state index contributed by atoms with van der Waals surface area (Å²) in [6, 6.07) is 14.2. The highest BCUT2D eigenvalue weighted by Crippen LogP contribution is 2.28. The molecule has 3 amide bonds. The fourth-order valence-corrected chi connectivity index (χ4v) is 4.17. The molecule has 2 aromatic rings. The molecule has 35 heavy (non-hydrogen) atoms. The number of cyclic esters (lactones) is 1. The summed E-state index contributed by atoms with van der Waals surface area (Å²) < 4.78 is 25.7. The van der Waals surface area contributed by atoms with E-state index in [1.807, 2.05) is 35.2 Å². The van der Waals surface area contributed by atoms with Crippen molar-refractivity contribution in [3.63, 3.8) is 0 Å². The number of halogens is 1. The number of carbonyl (C=O) groups is 3. The first-order valence-corrected chi connectivity index (χ1v) is 11.7. The number of piperazine rings is 1. The largest absolute Gasteiger partial charge is 0.442 e. The van der Waals surface area contributed by atoms with Gasteiger partial charge in [0.05, 0.1) is 31.1 Å². The monoisotopic (exact) mass is 502 g/mol. The van der Waals surface area contributed by atoms with Crippen LogP contribution >= 0.6 is 12.6 Å². The molecular formula is C24H27FN4O5S. The normalized spacial score (nSPS) is 17.9. The number of nitrogens with one attached hydrogen (secondary N) is 1. The number of benzene rings is 2. The second-order valence-corrected chi connectivity index (χ2v) is 8.69. The molecule has 0 saturated carbocycles. The molecule has 186 valence electrons. The molecule has 1 unspecified atom stereocenters. The Hall–Kier alpha value is -3.31. The molecule has 4 rings (SSSR count). The first-order chi connectivity index (χ1) is 16.9. The van der Waals surface area contributed by atoms with Crippen LogP contribution in [-0.4, -0.2) is 74.1 Å². The molecule has 0 spiro atoms. The van der Waals surface area contributed by atoms with Crippen LogP contribution in [0.4, 0.5) is 25.4 Å². The molecule has 9 nitrogen and oxygen atoms in total. The molecule has 2 saturated heterocycles. The maximum atomic E-state index is 15.0. The number of amides is 3. The van der Waals surface area contributed by atoms with Crippen molar-refractivity contribution in [1.29, 1.82) is 0 Å². The molecule has 0 aromatic heterocycles. The number of carbonyl (C=O) groups excluding carboxylic acids is 3. The van der Waals surface area contributed by atoms with E-state index in [4.69, 9.17) is 9.47 Å². The minimum Gasteiger partial charge on any atom is -0.442 e. The van der Waals surface area contributed by atoms with Gasteiger partial charge in [-0.25, -0.2) is 9.18 Å². The fraction of sp³-hybridized carbons (Fsp3) is 0.375. The zero-order valence-corrected chi connectivity index (χ0v) is 20.0. The van der Waals surface area contributed by atoms with E-state index in [1.54, 1.807) is 17.0 Å². The van der Waals surface area contributed by atoms with E-state index >= 15 is 0 Å². The Balaban J connectivity index is 1.27. The summed E-state index contributed by atoms with van der Waals surface area (Å²) >= 11 is 3.62. The summed E-state index contributed by atoms with van der Waals surface area (Å²) in [7, 11) is 0. The molecule has 2 fully saturated rings. The van der Waals surface area contributed by atoms with Gasteiger partial charge in [0.25, 0.3) is 5.24 Å². The van der Waals surface area contributed by atoms with Crippen LogP contribution in [0.1, 0.15) is 5.56 Å². The summed E-state index contributed by atoms with van der Waals surface area (Å²) in [6.45, 7) is 2.60. The van der Waals surface area contributed by atoms with Crippen LogP contribution in [0, 0.1) is 5.82 Å². The van der Waals surface area contributed by atoms with Gasteiger partial charge in [-0.15, -0.1) is 0 Å². The lowest BCUT2D eigenvalue weighted by Gasteiger charge is -2.36. The van der Waals surface area contributed by atoms with Gasteiger partial charge in [0.15, 0.2) is 0 Å². The van der Waals surface area contributed by atoms with E-state index in [9.17, 15) is 18.8 Å². The average molecular weight is 503 g/mol. The first-order valence-electron chi connectivity index (χ1n) is 11.3. The lowest BCUT2D eigenvalue weighted by molar-refractivity contribution is -0.136. The molecule has 2 aliphatic heterocycles. The first kappa shape index (κ1) is 24.8. The van der Waals surface area contributed by atoms with Crippen LogP contribution in [0.15, 0.2) is 48.5 Å². The number of rotatable bonds is 8. The van der Waals surface area contributed by atoms with Gasteiger partial charge in [-0.05, 0) is 23.8 Å². The van der Waals surface area contributed by atoms with Gasteiger partial charge in [-0.3, -0.25) is 14.5 Å². The Kier molecular flexibility index (Phi) is 8.09. The fourth-order valence-electron chi connectivity index (χ4n) is 4.08. The number of hydrogen-bond acceptors (Lipinski definition) is 6. The van der Waals surface area contributed by atoms with E-state index in [2.05, 4.69) is 17.9 Å². The van der Waals surface area contributed by atoms with Crippen LogP contribution in [-0.2, 0) is 20.9 Å². The average Bonchev–Trinajstić information content (AvgIpc) is 3.24. The van der Waals surface area contributed by atoms with Crippen molar-refractivity contribution in [2.75, 3.05) is 55.7 Å². The number of hydrogen-bond donors (Lipinski definition) is 2. The highest BCUT2D eigenvalue weighted by Gasteiger charge is 2.33. The zero-order chi connectivity index (χ0) is 24.8. The lowest BCUT2D eigenvalue weighted by atomic mass is 10.2. The molecule has 2 aromatic carbocycles. The third kappa shape index (κ3) is 6.43. The van der Waals surface area contributed by atoms with Gasteiger partial charge < -0.3 is 24.6 Å². The standard InChI is InChI=1S/C24H27FN4O5S/c25-20-12-18(29-14-19(34-24(29)32)13-26-23(31)35)6-7-21(20)27-8-10-28(11-9-27)22(30)16-33-15-17-4-2-1-3-5-17/h1-7,12,19H,8-11,13-16H2,(H2,26,31,35). The van der Waals surface area contributed by atoms with Gasteiger partial charge in [0.1, 0.15) is 18.5 Å². The van der Waals surface area contributed by atoms with E-state index < -0.39 is 23.3 Å². The Morgan fingerprint density at radius 2 is 1.86 bits per heavy atom. The van der Waals surface area contributed by atoms with E-state index in [0.717, 1.165) is 5.56 Å². The minimum atomic E-state index is -0.600. The number of ether oxygens (including phenoxy) is 2. The van der Waals surface area contributed by atoms with E-state index in [1.165, 1.54) is 11.0 Å². The quantitative estimate of drug-likeness (QED) is 0.540. The van der Waals surface area contributed by atoms with Gasteiger partial charge >= 0.3 is 6.09 Å². The van der Waals surface area contributed by atoms with E-state index in [-0.39, 0.29) is 25.6 Å². The number of nitrogens with zero attached hydrogens (tertiary/aromatic N) is 3. The maximum absolute atomic E-state index is 15.0. The highest BCUT2D eigenvalue weighted by molar-refractivity contribution is 7.96. The van der Waals surface area contributed by atoms with Crippen LogP contribution in [0.2, 0.25) is 0 Å². The summed E-state index contributed by atoms with van der Waals surface area (Å²) in [5, 5.41) is 1.96. The van der Waals surface area contributed by atoms with Crippen LogP contribution < -0.4 is 15.1 Å². The second kappa shape index (κ2) is 11.4.